The van der Waals surface area contributed by atoms with Gasteiger partial charge in [-0.1, -0.05) is 58.4 Å². The number of nitrogens with zero attached hydrogens (tertiary/aromatic N) is 1. The van der Waals surface area contributed by atoms with Gasteiger partial charge < -0.3 is 19.7 Å². The summed E-state index contributed by atoms with van der Waals surface area (Å²) in [6.45, 7) is 0.307. The molecular weight excluding hydrogens is 508 g/mol. The molecule has 1 aliphatic heterocycles. The Balaban J connectivity index is 1.55. The normalized spacial score (nSPS) is 17.3. The second-order valence-electron chi connectivity index (χ2n) is 8.39. The number of likely N-dealkylation sites (tertiary alicyclic amines) is 1. The lowest BCUT2D eigenvalue weighted by atomic mass is 9.95. The van der Waals surface area contributed by atoms with Gasteiger partial charge in [-0.05, 0) is 47.9 Å². The minimum Gasteiger partial charge on any atom is -0.507 e. The van der Waals surface area contributed by atoms with Crippen molar-refractivity contribution in [1.82, 2.24) is 9.88 Å². The molecule has 6 nitrogen and oxygen atoms in total. The van der Waals surface area contributed by atoms with E-state index in [-0.39, 0.29) is 11.3 Å². The van der Waals surface area contributed by atoms with Gasteiger partial charge in [0.1, 0.15) is 11.5 Å². The molecule has 0 radical (unpaired) electrons. The number of H-pyrrole nitrogens is 1. The van der Waals surface area contributed by atoms with Gasteiger partial charge in [0, 0.05) is 33.7 Å². The van der Waals surface area contributed by atoms with Crippen molar-refractivity contribution in [3.63, 3.8) is 0 Å². The van der Waals surface area contributed by atoms with E-state index in [2.05, 4.69) is 20.9 Å². The van der Waals surface area contributed by atoms with Crippen LogP contribution in [0.25, 0.3) is 16.7 Å². The third-order valence-electron chi connectivity index (χ3n) is 6.37. The van der Waals surface area contributed by atoms with E-state index in [4.69, 9.17) is 4.74 Å². The molecule has 1 atom stereocenters. The van der Waals surface area contributed by atoms with E-state index in [1.165, 1.54) is 0 Å². The number of Topliss-reactive ketones (excluding diaryl/α,β-unsaturated/α-hetero) is 1. The molecule has 2 N–H and O–H groups in total. The zero-order valence-corrected chi connectivity index (χ0v) is 20.6. The number of aromatic amines is 1. The van der Waals surface area contributed by atoms with Gasteiger partial charge in [0.25, 0.3) is 11.7 Å². The Kier molecular flexibility index (Phi) is 6.17. The van der Waals surface area contributed by atoms with E-state index in [0.29, 0.717) is 18.5 Å². The molecule has 7 heteroatoms. The first-order chi connectivity index (χ1) is 17.0. The Labute approximate surface area is 211 Å². The van der Waals surface area contributed by atoms with Crippen molar-refractivity contribution in [2.45, 2.75) is 12.5 Å². The summed E-state index contributed by atoms with van der Waals surface area (Å²) in [5, 5.41) is 12.1. The number of benzene rings is 3. The number of hydrogen-bond donors (Lipinski definition) is 2. The zero-order chi connectivity index (χ0) is 24.5. The van der Waals surface area contributed by atoms with Gasteiger partial charge in [-0.3, -0.25) is 9.59 Å². The molecule has 4 aromatic rings. The van der Waals surface area contributed by atoms with Crippen molar-refractivity contribution in [3.05, 3.63) is 106 Å². The molecule has 0 saturated carbocycles. The lowest BCUT2D eigenvalue weighted by Crippen LogP contribution is -2.31. The van der Waals surface area contributed by atoms with Crippen molar-refractivity contribution < 1.29 is 19.4 Å². The number of ketones is 1. The van der Waals surface area contributed by atoms with Crippen LogP contribution in [0.1, 0.15) is 22.7 Å². The zero-order valence-electron chi connectivity index (χ0n) is 19.0. The summed E-state index contributed by atoms with van der Waals surface area (Å²) in [6, 6.07) is 21.4. The van der Waals surface area contributed by atoms with Crippen LogP contribution in [0.2, 0.25) is 0 Å². The summed E-state index contributed by atoms with van der Waals surface area (Å²) in [5.41, 5.74) is 3.33. The Morgan fingerprint density at radius 2 is 1.80 bits per heavy atom. The number of carbonyl (C=O) groups excluding carboxylic acids is 2. The number of methoxy groups -OCH3 is 1. The average Bonchev–Trinajstić information content (AvgIpc) is 3.41. The largest absolute Gasteiger partial charge is 0.507 e. The Bertz CT molecular complexity index is 1440. The summed E-state index contributed by atoms with van der Waals surface area (Å²) in [4.78, 5) is 31.2. The molecule has 1 aromatic heterocycles. The number of aromatic nitrogens is 1. The van der Waals surface area contributed by atoms with Crippen LogP contribution in [-0.4, -0.2) is 40.3 Å². The fraction of sp³-hybridized carbons (Fsp3) is 0.143. The van der Waals surface area contributed by atoms with Gasteiger partial charge in [-0.25, -0.2) is 0 Å². The second-order valence-corrected chi connectivity index (χ2v) is 9.30. The number of halogens is 1. The SMILES string of the molecule is COc1ccc2[nH]cc(CCN3C(=O)C(=O)C(=C(O)c4ccccc4)[C@H]3c3ccc(Br)cc3)c2c1. The Morgan fingerprint density at radius 3 is 2.51 bits per heavy atom. The number of rotatable bonds is 6. The molecule has 1 saturated heterocycles. The molecule has 0 spiro atoms. The maximum Gasteiger partial charge on any atom is 0.295 e. The van der Waals surface area contributed by atoms with Crippen LogP contribution < -0.4 is 4.74 Å². The summed E-state index contributed by atoms with van der Waals surface area (Å²) in [7, 11) is 1.62. The van der Waals surface area contributed by atoms with Gasteiger partial charge in [0.05, 0.1) is 18.7 Å². The van der Waals surface area contributed by atoms with E-state index in [0.717, 1.165) is 32.3 Å². The highest BCUT2D eigenvalue weighted by atomic mass is 79.9. The van der Waals surface area contributed by atoms with Crippen LogP contribution >= 0.6 is 15.9 Å². The summed E-state index contributed by atoms with van der Waals surface area (Å²) in [5.74, 6) is -0.722. The molecule has 1 amide bonds. The lowest BCUT2D eigenvalue weighted by Gasteiger charge is -2.25. The molecule has 0 bridgehead atoms. The third kappa shape index (κ3) is 4.23. The van der Waals surface area contributed by atoms with Crippen LogP contribution in [0.4, 0.5) is 0 Å². The topological polar surface area (TPSA) is 82.6 Å². The highest BCUT2D eigenvalue weighted by Crippen LogP contribution is 2.40. The molecule has 0 aliphatic carbocycles. The summed E-state index contributed by atoms with van der Waals surface area (Å²) in [6.07, 6.45) is 2.44. The number of amides is 1. The molecule has 1 aliphatic rings. The number of nitrogens with one attached hydrogen (secondary N) is 1. The molecule has 3 aromatic carbocycles. The minimum atomic E-state index is -0.692. The first kappa shape index (κ1) is 22.9. The Morgan fingerprint density at radius 1 is 1.06 bits per heavy atom. The molecule has 35 heavy (non-hydrogen) atoms. The molecule has 1 fully saturated rings. The van der Waals surface area contributed by atoms with Crippen LogP contribution in [0.5, 0.6) is 5.75 Å². The first-order valence-electron chi connectivity index (χ1n) is 11.2. The quantitative estimate of drug-likeness (QED) is 0.193. The second kappa shape index (κ2) is 9.43. The van der Waals surface area contributed by atoms with E-state index >= 15 is 0 Å². The number of aliphatic hydroxyl groups is 1. The van der Waals surface area contributed by atoms with Crippen molar-refractivity contribution >= 4 is 44.3 Å². The predicted octanol–water partition coefficient (Wildman–Crippen LogP) is 5.60. The highest BCUT2D eigenvalue weighted by Gasteiger charge is 2.45. The van der Waals surface area contributed by atoms with Crippen molar-refractivity contribution in [1.29, 1.82) is 0 Å². The maximum atomic E-state index is 13.2. The van der Waals surface area contributed by atoms with Crippen molar-refractivity contribution in [2.24, 2.45) is 0 Å². The van der Waals surface area contributed by atoms with Gasteiger partial charge in [-0.15, -0.1) is 0 Å². The maximum absolute atomic E-state index is 13.2. The number of fused-ring (bicyclic) bond motifs is 1. The average molecular weight is 531 g/mol. The van der Waals surface area contributed by atoms with Gasteiger partial charge in [-0.2, -0.15) is 0 Å². The number of ether oxygens (including phenoxy) is 1. The molecular formula is C28H23BrN2O4. The third-order valence-corrected chi connectivity index (χ3v) is 6.90. The van der Waals surface area contributed by atoms with Gasteiger partial charge in [0.15, 0.2) is 0 Å². The van der Waals surface area contributed by atoms with Crippen LogP contribution in [-0.2, 0) is 16.0 Å². The van der Waals surface area contributed by atoms with E-state index < -0.39 is 17.7 Å². The van der Waals surface area contributed by atoms with E-state index in [9.17, 15) is 14.7 Å². The minimum absolute atomic E-state index is 0.101. The first-order valence-corrected chi connectivity index (χ1v) is 12.0. The van der Waals surface area contributed by atoms with E-state index in [1.807, 2.05) is 54.7 Å². The predicted molar refractivity (Wildman–Crippen MR) is 138 cm³/mol. The lowest BCUT2D eigenvalue weighted by molar-refractivity contribution is -0.139. The number of hydrogen-bond acceptors (Lipinski definition) is 4. The standard InChI is InChI=1S/C28H23BrN2O4/c1-35-21-11-12-23-22(15-21)19(16-30-23)13-14-31-25(17-7-9-20(29)10-8-17)24(27(33)28(31)34)26(32)18-5-3-2-4-6-18/h2-12,15-16,25,30,32H,13-14H2,1H3/t25-/m1/s1. The number of aliphatic hydroxyl groups excluding tert-OH is 1. The van der Waals surface area contributed by atoms with E-state index in [1.54, 1.807) is 36.3 Å². The highest BCUT2D eigenvalue weighted by molar-refractivity contribution is 9.10. The fourth-order valence-electron chi connectivity index (χ4n) is 4.59. The van der Waals surface area contributed by atoms with Crippen molar-refractivity contribution in [3.8, 4) is 5.75 Å². The smallest absolute Gasteiger partial charge is 0.295 e. The fourth-order valence-corrected chi connectivity index (χ4v) is 4.85. The Hall–Kier alpha value is -3.84. The monoisotopic (exact) mass is 530 g/mol. The van der Waals surface area contributed by atoms with Gasteiger partial charge in [0.2, 0.25) is 0 Å². The molecule has 176 valence electrons. The summed E-state index contributed by atoms with van der Waals surface area (Å²) >= 11 is 3.44. The molecule has 5 rings (SSSR count). The van der Waals surface area contributed by atoms with Gasteiger partial charge >= 0.3 is 0 Å². The van der Waals surface area contributed by atoms with Crippen LogP contribution in [0.3, 0.4) is 0 Å². The van der Waals surface area contributed by atoms with Crippen LogP contribution in [0.15, 0.2) is 89.0 Å². The molecule has 2 heterocycles. The molecule has 0 unspecified atom stereocenters. The number of carbonyl (C=O) groups is 2. The summed E-state index contributed by atoms with van der Waals surface area (Å²) < 4.78 is 6.25. The van der Waals surface area contributed by atoms with Crippen molar-refractivity contribution in [2.75, 3.05) is 13.7 Å². The van der Waals surface area contributed by atoms with Crippen LogP contribution in [0, 0.1) is 0 Å².